The summed E-state index contributed by atoms with van der Waals surface area (Å²) in [5.74, 6) is -0.337. The van der Waals surface area contributed by atoms with Crippen molar-refractivity contribution in [1.82, 2.24) is 10.6 Å². The molecule has 1 aromatic rings. The highest BCUT2D eigenvalue weighted by Crippen LogP contribution is 2.14. The highest BCUT2D eigenvalue weighted by atomic mass is 79.9. The number of hydrogen-bond acceptors (Lipinski definition) is 4. The minimum absolute atomic E-state index is 0.157. The molecule has 2 atom stereocenters. The van der Waals surface area contributed by atoms with Crippen LogP contribution in [0.25, 0.3) is 0 Å². The van der Waals surface area contributed by atoms with Crippen molar-refractivity contribution in [1.29, 1.82) is 0 Å². The third-order valence-electron chi connectivity index (χ3n) is 2.85. The van der Waals surface area contributed by atoms with Crippen LogP contribution < -0.4 is 16.0 Å². The molecule has 132 valence electrons. The zero-order valence-electron chi connectivity index (χ0n) is 13.3. The predicted molar refractivity (Wildman–Crippen MR) is 93.5 cm³/mol. The molecule has 0 aromatic heterocycles. The minimum atomic E-state index is -2.79. The van der Waals surface area contributed by atoms with Gasteiger partial charge in [0, 0.05) is 14.7 Å². The second kappa shape index (κ2) is 10.4. The molecular weight excluding hydrogens is 401 g/mol. The van der Waals surface area contributed by atoms with Crippen LogP contribution in [0.15, 0.2) is 28.7 Å². The molecule has 0 fully saturated rings. The number of rotatable bonds is 8. The first-order valence-electron chi connectivity index (χ1n) is 7.17. The number of nitrogens with one attached hydrogen (secondary N) is 3. The monoisotopic (exact) mass is 420 g/mol. The molecule has 1 aromatic carbocycles. The fraction of sp³-hybridized carbons (Fsp3) is 0.429. The summed E-state index contributed by atoms with van der Waals surface area (Å²) < 4.78 is 15.7. The van der Waals surface area contributed by atoms with Crippen LogP contribution in [-0.2, 0) is 13.9 Å². The Morgan fingerprint density at radius 2 is 1.92 bits per heavy atom. The molecule has 24 heavy (non-hydrogen) atoms. The lowest BCUT2D eigenvalue weighted by atomic mass is 10.0. The molecule has 3 amide bonds. The largest absolute Gasteiger partial charge is 0.696 e. The number of urea groups is 1. The van der Waals surface area contributed by atoms with Gasteiger partial charge in [-0.1, -0.05) is 34.3 Å². The molecule has 0 saturated heterocycles. The molecule has 0 saturated carbocycles. The van der Waals surface area contributed by atoms with Gasteiger partial charge in [0.15, 0.2) is 6.73 Å². The second-order valence-corrected chi connectivity index (χ2v) is 6.99. The summed E-state index contributed by atoms with van der Waals surface area (Å²) in [5.41, 5.74) is 0.583. The van der Waals surface area contributed by atoms with E-state index in [2.05, 4.69) is 36.4 Å². The van der Waals surface area contributed by atoms with Crippen molar-refractivity contribution in [2.45, 2.75) is 26.3 Å². The van der Waals surface area contributed by atoms with Crippen molar-refractivity contribution in [3.05, 3.63) is 28.7 Å². The van der Waals surface area contributed by atoms with Gasteiger partial charge in [0.2, 0.25) is 5.91 Å². The summed E-state index contributed by atoms with van der Waals surface area (Å²) in [5, 5.41) is 7.56. The van der Waals surface area contributed by atoms with Crippen LogP contribution in [0.4, 0.5) is 10.5 Å². The van der Waals surface area contributed by atoms with E-state index >= 15 is 0 Å². The Hall–Kier alpha value is -1.54. The standard InChI is InChI=1S/C14H19BrN3O5P/c1-9(2)7-12(13(19)16-8-23-24(21)22)18-14(20)17-11-5-3-10(15)4-6-11/h3-6,9,12H,7-8H2,1-2H3,(H3-,16,17,18,19,20,21,22)/p+1/t12-/m0/s1. The Kier molecular flexibility index (Phi) is 8.84. The summed E-state index contributed by atoms with van der Waals surface area (Å²) in [6.45, 7) is 3.42. The summed E-state index contributed by atoms with van der Waals surface area (Å²) in [4.78, 5) is 32.7. The fourth-order valence-corrected chi connectivity index (χ4v) is 2.28. The zero-order chi connectivity index (χ0) is 18.1. The number of anilines is 1. The normalized spacial score (nSPS) is 12.5. The van der Waals surface area contributed by atoms with Gasteiger partial charge < -0.3 is 16.0 Å². The second-order valence-electron chi connectivity index (χ2n) is 5.34. The van der Waals surface area contributed by atoms with Crippen LogP contribution in [0.5, 0.6) is 0 Å². The quantitative estimate of drug-likeness (QED) is 0.381. The lowest BCUT2D eigenvalue weighted by molar-refractivity contribution is -0.124. The van der Waals surface area contributed by atoms with Crippen LogP contribution in [0.3, 0.4) is 0 Å². The van der Waals surface area contributed by atoms with Crippen LogP contribution >= 0.6 is 24.2 Å². The lowest BCUT2D eigenvalue weighted by Crippen LogP contribution is -2.49. The molecule has 0 aliphatic rings. The van der Waals surface area contributed by atoms with Gasteiger partial charge in [-0.05, 0) is 36.6 Å². The number of halogens is 1. The summed E-state index contributed by atoms with van der Waals surface area (Å²) in [6.07, 6.45) is 0.408. The first kappa shape index (κ1) is 20.5. The Balaban J connectivity index is 2.60. The topological polar surface area (TPSA) is 117 Å². The number of amides is 3. The summed E-state index contributed by atoms with van der Waals surface area (Å²) >= 11 is 3.30. The average Bonchev–Trinajstić information content (AvgIpc) is 2.48. The Morgan fingerprint density at radius 3 is 2.46 bits per heavy atom. The number of hydrogen-bond donors (Lipinski definition) is 4. The molecule has 4 N–H and O–H groups in total. The van der Waals surface area contributed by atoms with E-state index < -0.39 is 33.0 Å². The first-order chi connectivity index (χ1) is 11.3. The van der Waals surface area contributed by atoms with E-state index in [-0.39, 0.29) is 5.92 Å². The molecule has 0 spiro atoms. The van der Waals surface area contributed by atoms with E-state index in [1.54, 1.807) is 24.3 Å². The van der Waals surface area contributed by atoms with Gasteiger partial charge in [0.25, 0.3) is 0 Å². The molecule has 1 rings (SSSR count). The van der Waals surface area contributed by atoms with Crippen LogP contribution in [0.2, 0.25) is 0 Å². The first-order valence-corrected chi connectivity index (χ1v) is 9.10. The molecule has 8 nitrogen and oxygen atoms in total. The van der Waals surface area contributed by atoms with Gasteiger partial charge in [-0.2, -0.15) is 0 Å². The van der Waals surface area contributed by atoms with Crippen molar-refractivity contribution in [3.63, 3.8) is 0 Å². The van der Waals surface area contributed by atoms with Gasteiger partial charge in [-0.3, -0.25) is 4.79 Å². The molecule has 0 bridgehead atoms. The third kappa shape index (κ3) is 8.35. The minimum Gasteiger partial charge on any atom is -0.327 e. The number of carbonyl (C=O) groups excluding carboxylic acids is 2. The number of benzene rings is 1. The van der Waals surface area contributed by atoms with E-state index in [1.807, 2.05) is 13.8 Å². The molecule has 0 heterocycles. The van der Waals surface area contributed by atoms with Crippen molar-refractivity contribution >= 4 is 41.8 Å². The van der Waals surface area contributed by atoms with E-state index in [0.717, 1.165) is 4.47 Å². The van der Waals surface area contributed by atoms with E-state index in [4.69, 9.17) is 4.89 Å². The molecule has 0 aliphatic carbocycles. The van der Waals surface area contributed by atoms with Crippen molar-refractivity contribution in [2.24, 2.45) is 5.92 Å². The maximum absolute atomic E-state index is 12.1. The highest BCUT2D eigenvalue weighted by Gasteiger charge is 2.23. The van der Waals surface area contributed by atoms with E-state index in [1.165, 1.54) is 0 Å². The summed E-state index contributed by atoms with van der Waals surface area (Å²) in [7, 11) is -2.79. The number of carbonyl (C=O) groups is 2. The SMILES string of the molecule is CC(C)C[C@H](NC(=O)Nc1ccc(Br)cc1)C(=O)NCO[P+](=O)O. The van der Waals surface area contributed by atoms with Crippen LogP contribution in [-0.4, -0.2) is 29.6 Å². The highest BCUT2D eigenvalue weighted by molar-refractivity contribution is 9.10. The van der Waals surface area contributed by atoms with Gasteiger partial charge in [-0.15, -0.1) is 4.89 Å². The van der Waals surface area contributed by atoms with Gasteiger partial charge in [-0.25, -0.2) is 4.79 Å². The van der Waals surface area contributed by atoms with Crippen LogP contribution in [0, 0.1) is 5.92 Å². The van der Waals surface area contributed by atoms with Gasteiger partial charge in [0.1, 0.15) is 6.04 Å². The van der Waals surface area contributed by atoms with Crippen molar-refractivity contribution in [2.75, 3.05) is 12.0 Å². The van der Waals surface area contributed by atoms with Crippen molar-refractivity contribution in [3.8, 4) is 0 Å². The van der Waals surface area contributed by atoms with Gasteiger partial charge in [0.05, 0.1) is 0 Å². The van der Waals surface area contributed by atoms with E-state index in [0.29, 0.717) is 12.1 Å². The lowest BCUT2D eigenvalue weighted by Gasteiger charge is -2.19. The van der Waals surface area contributed by atoms with E-state index in [9.17, 15) is 14.2 Å². The molecule has 0 radical (unpaired) electrons. The molecular formula is C14H20BrN3O5P+. The van der Waals surface area contributed by atoms with Crippen molar-refractivity contribution < 1.29 is 23.6 Å². The van der Waals surface area contributed by atoms with Gasteiger partial charge >= 0.3 is 14.3 Å². The zero-order valence-corrected chi connectivity index (χ0v) is 15.8. The molecule has 0 aliphatic heterocycles. The smallest absolute Gasteiger partial charge is 0.327 e. The maximum Gasteiger partial charge on any atom is 0.696 e. The molecule has 10 heteroatoms. The third-order valence-corrected chi connectivity index (χ3v) is 3.73. The Bertz CT molecular complexity index is 582. The Labute approximate surface area is 149 Å². The predicted octanol–water partition coefficient (Wildman–Crippen LogP) is 2.73. The maximum atomic E-state index is 12.1. The Morgan fingerprint density at radius 1 is 1.29 bits per heavy atom. The summed E-state index contributed by atoms with van der Waals surface area (Å²) in [6, 6.07) is 5.68. The average molecular weight is 421 g/mol. The fourth-order valence-electron chi connectivity index (χ4n) is 1.84. The molecule has 1 unspecified atom stereocenters. The van der Waals surface area contributed by atoms with Crippen LogP contribution in [0.1, 0.15) is 20.3 Å².